The van der Waals surface area contributed by atoms with Crippen LogP contribution in [0.1, 0.15) is 15.9 Å². The number of alkyl halides is 4. The van der Waals surface area contributed by atoms with Crippen LogP contribution in [0.5, 0.6) is 11.5 Å². The van der Waals surface area contributed by atoms with Crippen molar-refractivity contribution in [3.8, 4) is 22.8 Å². The first-order valence-corrected chi connectivity index (χ1v) is 10.7. The minimum absolute atomic E-state index is 0.00124. The van der Waals surface area contributed by atoms with Gasteiger partial charge in [0.15, 0.2) is 0 Å². The molecule has 1 amide bonds. The summed E-state index contributed by atoms with van der Waals surface area (Å²) >= 11 is 5.96. The lowest BCUT2D eigenvalue weighted by Gasteiger charge is -2.11. The summed E-state index contributed by atoms with van der Waals surface area (Å²) in [6.45, 7) is -6.36. The Bertz CT molecular complexity index is 1420. The number of hydrogen-bond acceptors (Lipinski definition) is 5. The van der Waals surface area contributed by atoms with Crippen molar-refractivity contribution >= 4 is 34.6 Å². The largest absolute Gasteiger partial charge is 0.435 e. The summed E-state index contributed by atoms with van der Waals surface area (Å²) < 4.78 is 59.0. The molecule has 0 aliphatic carbocycles. The Morgan fingerprint density at radius 3 is 2.39 bits per heavy atom. The molecule has 0 saturated heterocycles. The number of hydrogen-bond donors (Lipinski definition) is 1. The predicted molar refractivity (Wildman–Crippen MR) is 127 cm³/mol. The standard InChI is InChI=1S/C25H16ClF4N3O3/c26-16-8-5-14(6-9-16)21-12-19(18-3-1-2-4-20(18)32-21)23(34)33-31-13-15-7-10-17(35-24(27)28)11-22(15)36-25(29)30/h1-13,24-25H,(H,33,34). The smallest absolute Gasteiger partial charge is 0.387 e. The van der Waals surface area contributed by atoms with Gasteiger partial charge < -0.3 is 9.47 Å². The van der Waals surface area contributed by atoms with Crippen molar-refractivity contribution in [1.29, 1.82) is 0 Å². The fraction of sp³-hybridized carbons (Fsp3) is 0.0800. The number of hydrazone groups is 1. The molecule has 0 bridgehead atoms. The topological polar surface area (TPSA) is 72.8 Å². The average Bonchev–Trinajstić information content (AvgIpc) is 2.84. The molecule has 184 valence electrons. The van der Waals surface area contributed by atoms with Gasteiger partial charge in [-0.25, -0.2) is 10.4 Å². The molecule has 4 aromatic rings. The normalized spacial score (nSPS) is 11.4. The van der Waals surface area contributed by atoms with Gasteiger partial charge >= 0.3 is 13.2 Å². The molecule has 11 heteroatoms. The molecule has 0 fully saturated rings. The number of halogens is 5. The third-order valence-corrected chi connectivity index (χ3v) is 5.15. The second-order valence-corrected chi connectivity index (χ2v) is 7.67. The van der Waals surface area contributed by atoms with Crippen LogP contribution in [-0.2, 0) is 0 Å². The third-order valence-electron chi connectivity index (χ3n) is 4.90. The lowest BCUT2D eigenvalue weighted by molar-refractivity contribution is -0.0543. The van der Waals surface area contributed by atoms with Crippen molar-refractivity contribution in [3.05, 3.63) is 88.9 Å². The number of amides is 1. The minimum Gasteiger partial charge on any atom is -0.435 e. The van der Waals surface area contributed by atoms with E-state index >= 15 is 0 Å². The van der Waals surface area contributed by atoms with E-state index in [0.717, 1.165) is 23.9 Å². The van der Waals surface area contributed by atoms with Crippen LogP contribution in [0.4, 0.5) is 17.6 Å². The highest BCUT2D eigenvalue weighted by molar-refractivity contribution is 6.30. The summed E-state index contributed by atoms with van der Waals surface area (Å²) in [5.74, 6) is -1.42. The number of rotatable bonds is 8. The lowest BCUT2D eigenvalue weighted by atomic mass is 10.0. The van der Waals surface area contributed by atoms with Crippen LogP contribution < -0.4 is 14.9 Å². The summed E-state index contributed by atoms with van der Waals surface area (Å²) in [6, 6.07) is 18.7. The first kappa shape index (κ1) is 24.9. The molecule has 0 atom stereocenters. The van der Waals surface area contributed by atoms with E-state index in [1.807, 2.05) is 0 Å². The number of pyridine rings is 1. The Morgan fingerprint density at radius 2 is 1.67 bits per heavy atom. The zero-order chi connectivity index (χ0) is 25.7. The fourth-order valence-corrected chi connectivity index (χ4v) is 3.47. The van der Waals surface area contributed by atoms with Gasteiger partial charge in [0, 0.05) is 27.6 Å². The molecule has 0 aliphatic rings. The summed E-state index contributed by atoms with van der Waals surface area (Å²) in [5, 5.41) is 4.94. The van der Waals surface area contributed by atoms with Crippen LogP contribution in [0.2, 0.25) is 5.02 Å². The number of aromatic nitrogens is 1. The molecule has 3 aromatic carbocycles. The zero-order valence-corrected chi connectivity index (χ0v) is 18.9. The van der Waals surface area contributed by atoms with E-state index in [1.165, 1.54) is 6.07 Å². The van der Waals surface area contributed by atoms with Gasteiger partial charge in [0.2, 0.25) is 0 Å². The lowest BCUT2D eigenvalue weighted by Crippen LogP contribution is -2.18. The summed E-state index contributed by atoms with van der Waals surface area (Å²) in [4.78, 5) is 17.6. The van der Waals surface area contributed by atoms with Gasteiger partial charge in [-0.2, -0.15) is 22.7 Å². The molecule has 1 aromatic heterocycles. The molecule has 6 nitrogen and oxygen atoms in total. The summed E-state index contributed by atoms with van der Waals surface area (Å²) in [6.07, 6.45) is 1.05. The Morgan fingerprint density at radius 1 is 0.944 bits per heavy atom. The summed E-state index contributed by atoms with van der Waals surface area (Å²) in [5.41, 5.74) is 4.45. The second kappa shape index (κ2) is 11.0. The first-order valence-electron chi connectivity index (χ1n) is 10.3. The van der Waals surface area contributed by atoms with Crippen molar-refractivity contribution in [2.75, 3.05) is 0 Å². The SMILES string of the molecule is O=C(NN=Cc1ccc(OC(F)F)cc1OC(F)F)c1cc(-c2ccc(Cl)cc2)nc2ccccc12. The van der Waals surface area contributed by atoms with E-state index in [0.29, 0.717) is 21.6 Å². The fourth-order valence-electron chi connectivity index (χ4n) is 3.35. The van der Waals surface area contributed by atoms with Crippen molar-refractivity contribution in [2.45, 2.75) is 13.2 Å². The minimum atomic E-state index is -3.22. The molecular weight excluding hydrogens is 502 g/mol. The molecule has 36 heavy (non-hydrogen) atoms. The quantitative estimate of drug-likeness (QED) is 0.164. The second-order valence-electron chi connectivity index (χ2n) is 7.23. The van der Waals surface area contributed by atoms with Crippen molar-refractivity contribution in [3.63, 3.8) is 0 Å². The van der Waals surface area contributed by atoms with Gasteiger partial charge in [-0.15, -0.1) is 0 Å². The number of carbonyl (C=O) groups is 1. The van der Waals surface area contributed by atoms with Gasteiger partial charge in [-0.1, -0.05) is 41.9 Å². The number of fused-ring (bicyclic) bond motifs is 1. The van der Waals surface area contributed by atoms with Crippen LogP contribution in [0.25, 0.3) is 22.2 Å². The highest BCUT2D eigenvalue weighted by Gasteiger charge is 2.15. The van der Waals surface area contributed by atoms with Crippen LogP contribution in [0.3, 0.4) is 0 Å². The van der Waals surface area contributed by atoms with Gasteiger partial charge in [0.25, 0.3) is 5.91 Å². The number of para-hydroxylation sites is 1. The number of ether oxygens (including phenoxy) is 2. The zero-order valence-electron chi connectivity index (χ0n) is 18.2. The highest BCUT2D eigenvalue weighted by atomic mass is 35.5. The Balaban J connectivity index is 1.61. The molecular formula is C25H16ClF4N3O3. The van der Waals surface area contributed by atoms with E-state index in [9.17, 15) is 22.4 Å². The molecule has 0 saturated carbocycles. The van der Waals surface area contributed by atoms with Crippen molar-refractivity contribution in [1.82, 2.24) is 10.4 Å². The van der Waals surface area contributed by atoms with Gasteiger partial charge in [-0.05, 0) is 36.4 Å². The maximum Gasteiger partial charge on any atom is 0.387 e. The monoisotopic (exact) mass is 517 g/mol. The van der Waals surface area contributed by atoms with Crippen LogP contribution in [0.15, 0.2) is 77.9 Å². The van der Waals surface area contributed by atoms with Gasteiger partial charge in [-0.3, -0.25) is 4.79 Å². The molecule has 1 heterocycles. The van der Waals surface area contributed by atoms with Gasteiger partial charge in [0.1, 0.15) is 11.5 Å². The number of carbonyl (C=O) groups excluding carboxylic acids is 1. The Labute approximate surface area is 207 Å². The maximum atomic E-state index is 13.0. The first-order chi connectivity index (χ1) is 17.3. The van der Waals surface area contributed by atoms with E-state index in [1.54, 1.807) is 54.6 Å². The number of benzene rings is 3. The van der Waals surface area contributed by atoms with E-state index in [4.69, 9.17) is 11.6 Å². The van der Waals surface area contributed by atoms with Crippen molar-refractivity contribution < 1.29 is 31.8 Å². The summed E-state index contributed by atoms with van der Waals surface area (Å²) in [7, 11) is 0. The molecule has 4 rings (SSSR count). The third kappa shape index (κ3) is 6.08. The Hall–Kier alpha value is -4.18. The highest BCUT2D eigenvalue weighted by Crippen LogP contribution is 2.27. The van der Waals surface area contributed by atoms with E-state index < -0.39 is 24.9 Å². The maximum absolute atomic E-state index is 13.0. The Kier molecular flexibility index (Phi) is 7.65. The molecule has 0 radical (unpaired) electrons. The van der Waals surface area contributed by atoms with E-state index in [2.05, 4.69) is 25.0 Å². The van der Waals surface area contributed by atoms with Crippen LogP contribution in [0, 0.1) is 0 Å². The van der Waals surface area contributed by atoms with Gasteiger partial charge in [0.05, 0.1) is 23.0 Å². The number of nitrogens with one attached hydrogen (secondary N) is 1. The number of nitrogens with zero attached hydrogens (tertiary/aromatic N) is 2. The molecule has 0 unspecified atom stereocenters. The van der Waals surface area contributed by atoms with Crippen LogP contribution >= 0.6 is 11.6 Å². The van der Waals surface area contributed by atoms with E-state index in [-0.39, 0.29) is 16.9 Å². The predicted octanol–water partition coefficient (Wildman–Crippen LogP) is 6.52. The average molecular weight is 518 g/mol. The van der Waals surface area contributed by atoms with Crippen LogP contribution in [-0.4, -0.2) is 30.3 Å². The molecule has 1 N–H and O–H groups in total. The van der Waals surface area contributed by atoms with Crippen molar-refractivity contribution in [2.24, 2.45) is 5.10 Å². The molecule has 0 spiro atoms. The molecule has 0 aliphatic heterocycles.